The van der Waals surface area contributed by atoms with E-state index in [0.717, 1.165) is 12.1 Å². The number of phenols is 1. The van der Waals surface area contributed by atoms with Crippen LogP contribution in [0.4, 0.5) is 20.2 Å². The Labute approximate surface area is 274 Å². The van der Waals surface area contributed by atoms with E-state index in [9.17, 15) is 29.1 Å². The van der Waals surface area contributed by atoms with Crippen LogP contribution >= 0.6 is 12.1 Å². The van der Waals surface area contributed by atoms with Gasteiger partial charge in [0.25, 0.3) is 5.91 Å². The number of imidazole rings is 1. The minimum atomic E-state index is -0.826. The van der Waals surface area contributed by atoms with Crippen LogP contribution in [0.2, 0.25) is 0 Å². The molecule has 5 aromatic rings. The highest BCUT2D eigenvalue weighted by Gasteiger charge is 2.31. The Balaban J connectivity index is 1.08. The van der Waals surface area contributed by atoms with Crippen LogP contribution in [-0.2, 0) is 32.6 Å². The van der Waals surface area contributed by atoms with Gasteiger partial charge in [0.1, 0.15) is 29.8 Å². The van der Waals surface area contributed by atoms with Crippen LogP contribution in [0.5, 0.6) is 5.75 Å². The predicted molar refractivity (Wildman–Crippen MR) is 175 cm³/mol. The Morgan fingerprint density at radius 2 is 1.75 bits per heavy atom. The normalized spacial score (nSPS) is 16.4. The standard InChI is InChI=1S/C33H26F2N6O6S/c1-39-25-12-17(4-7-23(25)41(33(39)47)24-8-9-27(43)37-32(24)46)16-2-3-18(22(34)11-16)14-28(44)36-20-5-6-21-19(10-20)13-26(42)31(30(21)35)40-15-29(45)38-48-40/h2-7,10-13,24,42H,8-9,14-15H2,1H3,(H,36,44)(H,38,45)(H,37,43,46). The Bertz CT molecular complexity index is 2290. The van der Waals surface area contributed by atoms with Gasteiger partial charge in [-0.05, 0) is 71.0 Å². The lowest BCUT2D eigenvalue weighted by Gasteiger charge is -2.21. The first kappa shape index (κ1) is 30.9. The van der Waals surface area contributed by atoms with Gasteiger partial charge in [0.15, 0.2) is 5.82 Å². The fourth-order valence-electron chi connectivity index (χ4n) is 6.10. The highest BCUT2D eigenvalue weighted by Crippen LogP contribution is 2.40. The number of aromatic nitrogens is 2. The number of nitrogens with one attached hydrogen (secondary N) is 3. The van der Waals surface area contributed by atoms with Crippen LogP contribution < -0.4 is 25.4 Å². The van der Waals surface area contributed by atoms with Gasteiger partial charge in [-0.15, -0.1) is 0 Å². The van der Waals surface area contributed by atoms with Crippen molar-refractivity contribution in [1.82, 2.24) is 19.2 Å². The molecule has 4 aromatic carbocycles. The molecule has 2 aliphatic heterocycles. The summed E-state index contributed by atoms with van der Waals surface area (Å²) in [5.74, 6) is -3.48. The number of hydrogen-bond donors (Lipinski definition) is 4. The Morgan fingerprint density at radius 3 is 2.48 bits per heavy atom. The van der Waals surface area contributed by atoms with Gasteiger partial charge < -0.3 is 10.4 Å². The van der Waals surface area contributed by atoms with E-state index in [0.29, 0.717) is 33.2 Å². The van der Waals surface area contributed by atoms with Gasteiger partial charge in [-0.1, -0.05) is 18.2 Å². The summed E-state index contributed by atoms with van der Waals surface area (Å²) < 4.78 is 37.1. The van der Waals surface area contributed by atoms with Crippen molar-refractivity contribution in [2.24, 2.45) is 7.05 Å². The van der Waals surface area contributed by atoms with Crippen molar-refractivity contribution in [3.63, 3.8) is 0 Å². The number of halogens is 2. The molecule has 0 radical (unpaired) electrons. The fraction of sp³-hybridized carbons (Fsp3) is 0.182. The second-order valence-electron chi connectivity index (χ2n) is 11.6. The average molecular weight is 673 g/mol. The molecule has 7 rings (SSSR count). The summed E-state index contributed by atoms with van der Waals surface area (Å²) in [6.45, 7) is -0.122. The molecule has 2 aliphatic rings. The Hall–Kier alpha value is -5.70. The van der Waals surface area contributed by atoms with E-state index in [4.69, 9.17) is 0 Å². The summed E-state index contributed by atoms with van der Waals surface area (Å²) in [6.07, 6.45) is 0.0318. The number of benzene rings is 4. The van der Waals surface area contributed by atoms with E-state index in [2.05, 4.69) is 15.4 Å². The van der Waals surface area contributed by atoms with Crippen molar-refractivity contribution < 1.29 is 33.1 Å². The van der Waals surface area contributed by atoms with E-state index >= 15 is 8.78 Å². The molecule has 1 unspecified atom stereocenters. The van der Waals surface area contributed by atoms with Crippen molar-refractivity contribution >= 4 is 68.9 Å². The molecule has 4 N–H and O–H groups in total. The van der Waals surface area contributed by atoms with Gasteiger partial charge in [0.05, 0.1) is 29.6 Å². The van der Waals surface area contributed by atoms with Crippen molar-refractivity contribution in [3.8, 4) is 16.9 Å². The smallest absolute Gasteiger partial charge is 0.329 e. The number of phenolic OH excluding ortho intramolecular Hbond substituents is 1. The maximum atomic E-state index is 15.3. The topological polar surface area (TPSA) is 155 Å². The van der Waals surface area contributed by atoms with Crippen molar-refractivity contribution in [2.75, 3.05) is 16.2 Å². The number of aryl methyl sites for hydroxylation is 1. The van der Waals surface area contributed by atoms with E-state index in [-0.39, 0.29) is 60.0 Å². The van der Waals surface area contributed by atoms with Gasteiger partial charge in [0, 0.05) is 24.5 Å². The fourth-order valence-corrected chi connectivity index (χ4v) is 6.82. The molecule has 4 amide bonds. The molecule has 1 aromatic heterocycles. The van der Waals surface area contributed by atoms with Gasteiger partial charge in [-0.3, -0.25) is 42.7 Å². The lowest BCUT2D eigenvalue weighted by atomic mass is 10.0. The minimum Gasteiger partial charge on any atom is -0.506 e. The highest BCUT2D eigenvalue weighted by molar-refractivity contribution is 7.99. The van der Waals surface area contributed by atoms with Gasteiger partial charge in [-0.25, -0.2) is 13.6 Å². The van der Waals surface area contributed by atoms with Crippen molar-refractivity contribution in [2.45, 2.75) is 25.3 Å². The second-order valence-corrected chi connectivity index (χ2v) is 12.4. The van der Waals surface area contributed by atoms with Crippen molar-refractivity contribution in [3.05, 3.63) is 88.3 Å². The predicted octanol–water partition coefficient (Wildman–Crippen LogP) is 3.80. The molecule has 3 heterocycles. The summed E-state index contributed by atoms with van der Waals surface area (Å²) in [4.78, 5) is 61.6. The molecule has 12 nitrogen and oxygen atoms in total. The van der Waals surface area contributed by atoms with E-state index in [1.165, 1.54) is 49.8 Å². The number of carbonyl (C=O) groups excluding carboxylic acids is 4. The van der Waals surface area contributed by atoms with Crippen LogP contribution in [0.25, 0.3) is 32.9 Å². The molecule has 244 valence electrons. The summed E-state index contributed by atoms with van der Waals surface area (Å²) >= 11 is 0.873. The number of piperidine rings is 1. The van der Waals surface area contributed by atoms with Gasteiger partial charge in [-0.2, -0.15) is 0 Å². The summed E-state index contributed by atoms with van der Waals surface area (Å²) in [5, 5.41) is 15.9. The quantitative estimate of drug-likeness (QED) is 0.157. The number of aromatic hydroxyl groups is 1. The van der Waals surface area contributed by atoms with Crippen LogP contribution in [-0.4, -0.2) is 44.4 Å². The molecule has 2 fully saturated rings. The number of nitrogens with zero attached hydrogens (tertiary/aromatic N) is 3. The first-order valence-corrected chi connectivity index (χ1v) is 15.6. The lowest BCUT2D eigenvalue weighted by Crippen LogP contribution is -2.44. The lowest BCUT2D eigenvalue weighted by molar-refractivity contribution is -0.135. The zero-order valence-electron chi connectivity index (χ0n) is 25.2. The molecular formula is C33H26F2N6O6S. The van der Waals surface area contributed by atoms with Crippen LogP contribution in [0.3, 0.4) is 0 Å². The molecule has 0 bridgehead atoms. The monoisotopic (exact) mass is 672 g/mol. The van der Waals surface area contributed by atoms with Crippen LogP contribution in [0.15, 0.2) is 65.5 Å². The van der Waals surface area contributed by atoms with Crippen LogP contribution in [0, 0.1) is 11.6 Å². The number of anilines is 2. The van der Waals surface area contributed by atoms with Crippen LogP contribution in [0.1, 0.15) is 24.4 Å². The van der Waals surface area contributed by atoms with E-state index in [1.807, 2.05) is 0 Å². The third-order valence-electron chi connectivity index (χ3n) is 8.47. The number of amides is 4. The molecule has 2 saturated heterocycles. The minimum absolute atomic E-state index is 0.121. The highest BCUT2D eigenvalue weighted by atomic mass is 32.2. The zero-order valence-corrected chi connectivity index (χ0v) is 26.0. The Kier molecular flexibility index (Phi) is 7.62. The first-order valence-electron chi connectivity index (χ1n) is 14.8. The number of fused-ring (bicyclic) bond motifs is 2. The third-order valence-corrected chi connectivity index (χ3v) is 9.32. The number of rotatable bonds is 6. The molecule has 1 atom stereocenters. The molecule has 0 saturated carbocycles. The summed E-state index contributed by atoms with van der Waals surface area (Å²) in [5.41, 5.74) is 2.03. The van der Waals surface area contributed by atoms with Gasteiger partial charge >= 0.3 is 5.69 Å². The number of hydrogen-bond acceptors (Lipinski definition) is 8. The van der Waals surface area contributed by atoms with E-state index in [1.54, 1.807) is 31.3 Å². The second kappa shape index (κ2) is 11.8. The first-order chi connectivity index (χ1) is 23.0. The third kappa shape index (κ3) is 5.41. The summed E-state index contributed by atoms with van der Waals surface area (Å²) in [7, 11) is 1.57. The molecular weight excluding hydrogens is 646 g/mol. The summed E-state index contributed by atoms with van der Waals surface area (Å²) in [6, 6.07) is 14.5. The number of imide groups is 1. The molecule has 48 heavy (non-hydrogen) atoms. The number of carbonyl (C=O) groups is 4. The average Bonchev–Trinajstić information content (AvgIpc) is 3.57. The maximum absolute atomic E-state index is 15.3. The molecule has 0 aliphatic carbocycles. The molecule has 15 heteroatoms. The SMILES string of the molecule is Cn1c(=O)n(C2CCC(=O)NC2=O)c2ccc(-c3ccc(CC(=O)Nc4ccc5c(F)c(N6CC(=O)NS6)c(O)cc5c4)c(F)c3)cc21. The zero-order chi connectivity index (χ0) is 33.9. The maximum Gasteiger partial charge on any atom is 0.329 e. The molecule has 0 spiro atoms. The Morgan fingerprint density at radius 1 is 0.979 bits per heavy atom. The van der Waals surface area contributed by atoms with Gasteiger partial charge in [0.2, 0.25) is 17.7 Å². The largest absolute Gasteiger partial charge is 0.506 e. The van der Waals surface area contributed by atoms with Crippen molar-refractivity contribution in [1.29, 1.82) is 0 Å². The van der Waals surface area contributed by atoms with E-state index < -0.39 is 35.2 Å².